The molecule has 13 nitrogen and oxygen atoms in total. The Balaban J connectivity index is 2.78. The number of carbonyl (C=O) groups excluding carboxylic acids is 3. The number of hydrogen-bond acceptors (Lipinski definition) is 9. The van der Waals surface area contributed by atoms with E-state index in [0.29, 0.717) is 0 Å². The van der Waals surface area contributed by atoms with Gasteiger partial charge in [0.1, 0.15) is 12.2 Å². The van der Waals surface area contributed by atoms with E-state index in [-0.39, 0.29) is 12.2 Å². The van der Waals surface area contributed by atoms with Crippen molar-refractivity contribution in [1.29, 1.82) is 0 Å². The van der Waals surface area contributed by atoms with Crippen molar-refractivity contribution in [3.63, 3.8) is 0 Å². The molecule has 30 heavy (non-hydrogen) atoms. The van der Waals surface area contributed by atoms with Gasteiger partial charge in [-0.3, -0.25) is 25.0 Å². The van der Waals surface area contributed by atoms with E-state index in [0.717, 1.165) is 12.1 Å². The first-order valence-electron chi connectivity index (χ1n) is 8.62. The van der Waals surface area contributed by atoms with E-state index < -0.39 is 56.1 Å². The second-order valence-corrected chi connectivity index (χ2v) is 7.87. The number of imide groups is 1. The Hall–Kier alpha value is -3.26. The van der Waals surface area contributed by atoms with Crippen molar-refractivity contribution in [2.24, 2.45) is 0 Å². The highest BCUT2D eigenvalue weighted by atomic mass is 32.2. The number of esters is 1. The van der Waals surface area contributed by atoms with Crippen molar-refractivity contribution >= 4 is 39.3 Å². The SMILES string of the molecule is CCNC(=O)NC(=O)C(C)OC(=O)CNS(=O)(=O)c1ccc(N(C)C)c([N+](=O)[O-])c1. The lowest BCUT2D eigenvalue weighted by Crippen LogP contribution is -2.45. The number of anilines is 1. The molecule has 0 spiro atoms. The Bertz CT molecular complexity index is 932. The van der Waals surface area contributed by atoms with Gasteiger partial charge in [0.05, 0.1) is 9.82 Å². The summed E-state index contributed by atoms with van der Waals surface area (Å²) in [6.07, 6.45) is -1.36. The monoisotopic (exact) mass is 445 g/mol. The number of ether oxygens (including phenoxy) is 1. The third-order valence-electron chi connectivity index (χ3n) is 3.59. The molecule has 166 valence electrons. The molecule has 0 fully saturated rings. The molecule has 0 saturated heterocycles. The highest BCUT2D eigenvalue weighted by Crippen LogP contribution is 2.29. The Morgan fingerprint density at radius 1 is 1.27 bits per heavy atom. The lowest BCUT2D eigenvalue weighted by molar-refractivity contribution is -0.384. The van der Waals surface area contributed by atoms with Gasteiger partial charge in [0.2, 0.25) is 10.0 Å². The summed E-state index contributed by atoms with van der Waals surface area (Å²) in [6, 6.07) is 2.51. The van der Waals surface area contributed by atoms with Crippen molar-refractivity contribution in [2.75, 3.05) is 32.1 Å². The molecule has 0 aliphatic heterocycles. The van der Waals surface area contributed by atoms with Crippen molar-refractivity contribution in [2.45, 2.75) is 24.8 Å². The predicted molar refractivity (Wildman–Crippen MR) is 105 cm³/mol. The van der Waals surface area contributed by atoms with Gasteiger partial charge in [-0.05, 0) is 26.0 Å². The minimum Gasteiger partial charge on any atom is -0.452 e. The number of nitrogens with zero attached hydrogens (tertiary/aromatic N) is 2. The van der Waals surface area contributed by atoms with Gasteiger partial charge in [-0.15, -0.1) is 0 Å². The Labute approximate surface area is 173 Å². The third kappa shape index (κ3) is 6.97. The number of hydrogen-bond donors (Lipinski definition) is 3. The fourth-order valence-electron chi connectivity index (χ4n) is 2.14. The zero-order valence-electron chi connectivity index (χ0n) is 16.8. The molecular formula is C16H23N5O8S. The van der Waals surface area contributed by atoms with Gasteiger partial charge in [-0.25, -0.2) is 13.2 Å². The molecule has 0 radical (unpaired) electrons. The number of nitro benzene ring substituents is 1. The van der Waals surface area contributed by atoms with Gasteiger partial charge in [0.25, 0.3) is 11.6 Å². The number of amides is 3. The van der Waals surface area contributed by atoms with Crippen LogP contribution in [0.15, 0.2) is 23.1 Å². The van der Waals surface area contributed by atoms with E-state index in [9.17, 15) is 32.9 Å². The average Bonchev–Trinajstić information content (AvgIpc) is 2.65. The number of rotatable bonds is 9. The standard InChI is InChI=1S/C16H23N5O8S/c1-5-17-16(24)19-15(23)10(2)29-14(22)9-18-30(27,28)11-6-7-12(20(3)4)13(8-11)21(25)26/h6-8,10,18H,5,9H2,1-4H3,(H2,17,19,23,24). The normalized spacial score (nSPS) is 11.9. The molecule has 1 aromatic rings. The lowest BCUT2D eigenvalue weighted by Gasteiger charge is -2.15. The zero-order chi connectivity index (χ0) is 23.1. The summed E-state index contributed by atoms with van der Waals surface area (Å²) in [6.45, 7) is 2.29. The molecule has 1 unspecified atom stereocenters. The van der Waals surface area contributed by atoms with Crippen molar-refractivity contribution in [3.8, 4) is 0 Å². The maximum absolute atomic E-state index is 12.3. The van der Waals surface area contributed by atoms with Crippen LogP contribution in [0.2, 0.25) is 0 Å². The molecular weight excluding hydrogens is 422 g/mol. The lowest BCUT2D eigenvalue weighted by atomic mass is 10.2. The summed E-state index contributed by atoms with van der Waals surface area (Å²) in [5.74, 6) is -1.98. The predicted octanol–water partition coefficient (Wildman–Crippen LogP) is -0.283. The molecule has 3 amide bonds. The quantitative estimate of drug-likeness (QED) is 0.262. The van der Waals surface area contributed by atoms with Gasteiger partial charge < -0.3 is 15.0 Å². The molecule has 0 aromatic heterocycles. The van der Waals surface area contributed by atoms with Crippen LogP contribution in [0.25, 0.3) is 0 Å². The number of carbonyl (C=O) groups is 3. The van der Waals surface area contributed by atoms with Gasteiger partial charge in [-0.2, -0.15) is 4.72 Å². The van der Waals surface area contributed by atoms with Crippen LogP contribution in [0, 0.1) is 10.1 Å². The maximum atomic E-state index is 12.3. The second-order valence-electron chi connectivity index (χ2n) is 6.11. The van der Waals surface area contributed by atoms with Crippen LogP contribution in [0.5, 0.6) is 0 Å². The summed E-state index contributed by atoms with van der Waals surface area (Å²) < 4.78 is 31.4. The van der Waals surface area contributed by atoms with Crippen molar-refractivity contribution < 1.29 is 32.5 Å². The Morgan fingerprint density at radius 2 is 1.90 bits per heavy atom. The summed E-state index contributed by atoms with van der Waals surface area (Å²) >= 11 is 0. The van der Waals surface area contributed by atoms with Crippen LogP contribution in [-0.2, 0) is 24.3 Å². The van der Waals surface area contributed by atoms with Crippen LogP contribution in [0.4, 0.5) is 16.2 Å². The smallest absolute Gasteiger partial charge is 0.321 e. The molecule has 0 aliphatic carbocycles. The molecule has 0 saturated carbocycles. The average molecular weight is 445 g/mol. The minimum atomic E-state index is -4.27. The van der Waals surface area contributed by atoms with E-state index in [2.05, 4.69) is 5.32 Å². The summed E-state index contributed by atoms with van der Waals surface area (Å²) in [5, 5.41) is 15.5. The largest absolute Gasteiger partial charge is 0.452 e. The van der Waals surface area contributed by atoms with Crippen LogP contribution in [0.1, 0.15) is 13.8 Å². The number of sulfonamides is 1. The Kier molecular flexibility index (Phi) is 8.67. The summed E-state index contributed by atoms with van der Waals surface area (Å²) in [4.78, 5) is 46.3. The first kappa shape index (κ1) is 24.8. The van der Waals surface area contributed by atoms with Crippen molar-refractivity contribution in [3.05, 3.63) is 28.3 Å². The summed E-state index contributed by atoms with van der Waals surface area (Å²) in [7, 11) is -1.15. The number of nitrogens with one attached hydrogen (secondary N) is 3. The highest BCUT2D eigenvalue weighted by Gasteiger charge is 2.24. The molecule has 14 heteroatoms. The van der Waals surface area contributed by atoms with Crippen LogP contribution < -0.4 is 20.3 Å². The topological polar surface area (TPSA) is 177 Å². The van der Waals surface area contributed by atoms with Crippen LogP contribution in [0.3, 0.4) is 0 Å². The number of benzene rings is 1. The molecule has 3 N–H and O–H groups in total. The molecule has 1 atom stereocenters. The van der Waals surface area contributed by atoms with E-state index in [1.807, 2.05) is 10.0 Å². The van der Waals surface area contributed by atoms with Gasteiger partial charge in [-0.1, -0.05) is 0 Å². The van der Waals surface area contributed by atoms with Gasteiger partial charge in [0, 0.05) is 26.7 Å². The van der Waals surface area contributed by atoms with E-state index in [1.54, 1.807) is 21.0 Å². The Morgan fingerprint density at radius 3 is 2.43 bits per heavy atom. The fourth-order valence-corrected chi connectivity index (χ4v) is 3.13. The second kappa shape index (κ2) is 10.5. The molecule has 0 heterocycles. The van der Waals surface area contributed by atoms with Crippen LogP contribution >= 0.6 is 0 Å². The fraction of sp³-hybridized carbons (Fsp3) is 0.438. The molecule has 1 aromatic carbocycles. The van der Waals surface area contributed by atoms with Gasteiger partial charge >= 0.3 is 12.0 Å². The number of nitro groups is 1. The minimum absolute atomic E-state index is 0.199. The maximum Gasteiger partial charge on any atom is 0.321 e. The number of urea groups is 1. The molecule has 1 rings (SSSR count). The third-order valence-corrected chi connectivity index (χ3v) is 4.99. The van der Waals surface area contributed by atoms with Gasteiger partial charge in [0.15, 0.2) is 6.10 Å². The molecule has 0 bridgehead atoms. The summed E-state index contributed by atoms with van der Waals surface area (Å²) in [5.41, 5.74) is -0.230. The first-order chi connectivity index (χ1) is 13.9. The van der Waals surface area contributed by atoms with Crippen molar-refractivity contribution in [1.82, 2.24) is 15.4 Å². The van der Waals surface area contributed by atoms with Crippen LogP contribution in [-0.4, -0.2) is 64.5 Å². The highest BCUT2D eigenvalue weighted by molar-refractivity contribution is 7.89. The van der Waals surface area contributed by atoms with E-state index in [1.165, 1.54) is 17.9 Å². The van der Waals surface area contributed by atoms with E-state index >= 15 is 0 Å². The zero-order valence-corrected chi connectivity index (χ0v) is 17.6. The first-order valence-corrected chi connectivity index (χ1v) is 10.1. The molecule has 0 aliphatic rings. The van der Waals surface area contributed by atoms with E-state index in [4.69, 9.17) is 4.74 Å².